The standard InChI is InChI=1S/C11H10F4N2O/c12-9-2-1-7(4-16)8(3-9)5-17-6-10(18)11(13,14)15/h1-3,10,17-18H,5-6H2. The first-order valence-corrected chi connectivity index (χ1v) is 4.98. The van der Waals surface area contributed by atoms with Gasteiger partial charge in [0.15, 0.2) is 6.10 Å². The van der Waals surface area contributed by atoms with Crippen LogP contribution in [0.2, 0.25) is 0 Å². The van der Waals surface area contributed by atoms with Crippen molar-refractivity contribution < 1.29 is 22.7 Å². The minimum atomic E-state index is -4.70. The van der Waals surface area contributed by atoms with E-state index in [1.54, 1.807) is 6.07 Å². The van der Waals surface area contributed by atoms with Crippen molar-refractivity contribution in [2.75, 3.05) is 6.54 Å². The normalized spacial score (nSPS) is 13.1. The van der Waals surface area contributed by atoms with Crippen LogP contribution in [0.15, 0.2) is 18.2 Å². The third kappa shape index (κ3) is 3.98. The van der Waals surface area contributed by atoms with E-state index >= 15 is 0 Å². The van der Waals surface area contributed by atoms with Crippen LogP contribution in [0.4, 0.5) is 17.6 Å². The largest absolute Gasteiger partial charge is 0.415 e. The van der Waals surface area contributed by atoms with Crippen molar-refractivity contribution in [3.05, 3.63) is 35.1 Å². The molecule has 1 aromatic carbocycles. The highest BCUT2D eigenvalue weighted by atomic mass is 19.4. The van der Waals surface area contributed by atoms with Crippen LogP contribution >= 0.6 is 0 Å². The number of hydrogen-bond donors (Lipinski definition) is 2. The van der Waals surface area contributed by atoms with Crippen LogP contribution in [0, 0.1) is 17.1 Å². The molecule has 0 radical (unpaired) electrons. The Balaban J connectivity index is 2.60. The zero-order valence-corrected chi connectivity index (χ0v) is 9.13. The van der Waals surface area contributed by atoms with Crippen molar-refractivity contribution in [2.45, 2.75) is 18.8 Å². The molecule has 0 bridgehead atoms. The summed E-state index contributed by atoms with van der Waals surface area (Å²) in [4.78, 5) is 0. The summed E-state index contributed by atoms with van der Waals surface area (Å²) in [5, 5.41) is 19.8. The van der Waals surface area contributed by atoms with Gasteiger partial charge in [-0.3, -0.25) is 0 Å². The molecule has 7 heteroatoms. The van der Waals surface area contributed by atoms with E-state index in [4.69, 9.17) is 10.4 Å². The van der Waals surface area contributed by atoms with E-state index < -0.39 is 24.6 Å². The zero-order chi connectivity index (χ0) is 13.8. The molecule has 1 atom stereocenters. The maximum atomic E-state index is 12.9. The van der Waals surface area contributed by atoms with Crippen molar-refractivity contribution in [3.63, 3.8) is 0 Å². The molecular weight excluding hydrogens is 252 g/mol. The summed E-state index contributed by atoms with van der Waals surface area (Å²) in [6, 6.07) is 5.19. The van der Waals surface area contributed by atoms with E-state index in [-0.39, 0.29) is 17.7 Å². The number of hydrogen-bond acceptors (Lipinski definition) is 3. The number of rotatable bonds is 4. The SMILES string of the molecule is N#Cc1ccc(F)cc1CNCC(O)C(F)(F)F. The van der Waals surface area contributed by atoms with Crippen molar-refractivity contribution in [3.8, 4) is 6.07 Å². The molecule has 0 aliphatic heterocycles. The third-order valence-corrected chi connectivity index (χ3v) is 2.22. The lowest BCUT2D eigenvalue weighted by atomic mass is 10.1. The van der Waals surface area contributed by atoms with E-state index in [9.17, 15) is 17.6 Å². The zero-order valence-electron chi connectivity index (χ0n) is 9.13. The summed E-state index contributed by atoms with van der Waals surface area (Å²) in [6.45, 7) is -0.849. The van der Waals surface area contributed by atoms with Crippen molar-refractivity contribution in [1.82, 2.24) is 5.32 Å². The van der Waals surface area contributed by atoms with Gasteiger partial charge < -0.3 is 10.4 Å². The second-order valence-corrected chi connectivity index (χ2v) is 3.60. The summed E-state index contributed by atoms with van der Waals surface area (Å²) in [5.41, 5.74) is 0.414. The molecule has 0 aliphatic rings. The third-order valence-electron chi connectivity index (χ3n) is 2.22. The number of aliphatic hydroxyl groups is 1. The Morgan fingerprint density at radius 2 is 2.06 bits per heavy atom. The van der Waals surface area contributed by atoms with Crippen LogP contribution in [0.5, 0.6) is 0 Å². The van der Waals surface area contributed by atoms with Gasteiger partial charge in [-0.15, -0.1) is 0 Å². The molecule has 1 unspecified atom stereocenters. The average molecular weight is 262 g/mol. The first-order valence-electron chi connectivity index (χ1n) is 4.98. The van der Waals surface area contributed by atoms with Crippen molar-refractivity contribution >= 4 is 0 Å². The average Bonchev–Trinajstić information content (AvgIpc) is 2.28. The van der Waals surface area contributed by atoms with Crippen LogP contribution in [-0.4, -0.2) is 23.9 Å². The Labute approximate surface area is 101 Å². The predicted molar refractivity (Wildman–Crippen MR) is 54.9 cm³/mol. The fourth-order valence-corrected chi connectivity index (χ4v) is 1.28. The second-order valence-electron chi connectivity index (χ2n) is 3.60. The summed E-state index contributed by atoms with van der Waals surface area (Å²) in [5.74, 6) is -0.581. The number of aliphatic hydroxyl groups excluding tert-OH is 1. The lowest BCUT2D eigenvalue weighted by molar-refractivity contribution is -0.201. The monoisotopic (exact) mass is 262 g/mol. The topological polar surface area (TPSA) is 56.0 Å². The van der Waals surface area contributed by atoms with Crippen LogP contribution in [0.25, 0.3) is 0 Å². The maximum absolute atomic E-state index is 12.9. The van der Waals surface area contributed by atoms with Gasteiger partial charge in [-0.1, -0.05) is 0 Å². The summed E-state index contributed by atoms with van der Waals surface area (Å²) < 4.78 is 48.8. The van der Waals surface area contributed by atoms with Gasteiger partial charge in [-0.2, -0.15) is 18.4 Å². The molecule has 0 saturated carbocycles. The highest BCUT2D eigenvalue weighted by Crippen LogP contribution is 2.19. The van der Waals surface area contributed by atoms with E-state index in [2.05, 4.69) is 5.32 Å². The van der Waals surface area contributed by atoms with Crippen LogP contribution < -0.4 is 5.32 Å². The molecule has 0 amide bonds. The Morgan fingerprint density at radius 1 is 1.39 bits per heavy atom. The van der Waals surface area contributed by atoms with Crippen molar-refractivity contribution in [2.24, 2.45) is 0 Å². The minimum absolute atomic E-state index is 0.131. The summed E-state index contributed by atoms with van der Waals surface area (Å²) >= 11 is 0. The Bertz CT molecular complexity index is 453. The van der Waals surface area contributed by atoms with Crippen LogP contribution in [-0.2, 0) is 6.54 Å². The number of nitrogens with one attached hydrogen (secondary N) is 1. The molecule has 0 saturated heterocycles. The molecule has 1 rings (SSSR count). The van der Waals surface area contributed by atoms with E-state index in [1.807, 2.05) is 0 Å². The van der Waals surface area contributed by atoms with Gasteiger partial charge in [0.05, 0.1) is 11.6 Å². The first kappa shape index (κ1) is 14.4. The molecule has 18 heavy (non-hydrogen) atoms. The van der Waals surface area contributed by atoms with Gasteiger partial charge in [0.1, 0.15) is 5.82 Å². The molecule has 0 heterocycles. The van der Waals surface area contributed by atoms with Crippen LogP contribution in [0.3, 0.4) is 0 Å². The molecule has 3 nitrogen and oxygen atoms in total. The highest BCUT2D eigenvalue weighted by Gasteiger charge is 2.37. The highest BCUT2D eigenvalue weighted by molar-refractivity contribution is 5.37. The Morgan fingerprint density at radius 3 is 2.61 bits per heavy atom. The predicted octanol–water partition coefficient (Wildman–Crippen LogP) is 1.71. The molecule has 2 N–H and O–H groups in total. The van der Waals surface area contributed by atoms with Gasteiger partial charge in [0.2, 0.25) is 0 Å². The number of alkyl halides is 3. The fraction of sp³-hybridized carbons (Fsp3) is 0.364. The van der Waals surface area contributed by atoms with Gasteiger partial charge in [0, 0.05) is 13.1 Å². The molecular formula is C11H10F4N2O. The van der Waals surface area contributed by atoms with Crippen LogP contribution in [0.1, 0.15) is 11.1 Å². The quantitative estimate of drug-likeness (QED) is 0.812. The molecule has 0 fully saturated rings. The van der Waals surface area contributed by atoms with Gasteiger partial charge in [-0.05, 0) is 23.8 Å². The Hall–Kier alpha value is -1.65. The number of halogens is 4. The van der Waals surface area contributed by atoms with E-state index in [1.165, 1.54) is 6.07 Å². The van der Waals surface area contributed by atoms with E-state index in [0.29, 0.717) is 0 Å². The smallest absolute Gasteiger partial charge is 0.382 e. The fourth-order valence-electron chi connectivity index (χ4n) is 1.28. The maximum Gasteiger partial charge on any atom is 0.415 e. The molecule has 0 spiro atoms. The van der Waals surface area contributed by atoms with Gasteiger partial charge in [-0.25, -0.2) is 4.39 Å². The number of nitrogens with zero attached hydrogens (tertiary/aromatic N) is 1. The minimum Gasteiger partial charge on any atom is -0.382 e. The molecule has 1 aromatic rings. The molecule has 0 aliphatic carbocycles. The summed E-state index contributed by atoms with van der Waals surface area (Å²) in [6.07, 6.45) is -7.19. The second kappa shape index (κ2) is 5.80. The summed E-state index contributed by atoms with van der Waals surface area (Å²) in [7, 11) is 0. The Kier molecular flexibility index (Phi) is 4.64. The molecule has 0 aromatic heterocycles. The van der Waals surface area contributed by atoms with Gasteiger partial charge in [0.25, 0.3) is 0 Å². The number of benzene rings is 1. The first-order chi connectivity index (χ1) is 8.34. The lowest BCUT2D eigenvalue weighted by Gasteiger charge is -2.15. The van der Waals surface area contributed by atoms with E-state index in [0.717, 1.165) is 12.1 Å². The lowest BCUT2D eigenvalue weighted by Crippen LogP contribution is -2.38. The van der Waals surface area contributed by atoms with Crippen molar-refractivity contribution in [1.29, 1.82) is 5.26 Å². The molecule has 98 valence electrons. The van der Waals surface area contributed by atoms with Gasteiger partial charge >= 0.3 is 6.18 Å². The number of nitriles is 1.